The molecule has 86 valence electrons. The molecule has 0 spiro atoms. The maximum Gasteiger partial charge on any atom is 0.0838 e. The van der Waals surface area contributed by atoms with Crippen LogP contribution in [0.15, 0.2) is 0 Å². The summed E-state index contributed by atoms with van der Waals surface area (Å²) < 4.78 is 10.7. The first-order chi connectivity index (χ1) is 7.33. The van der Waals surface area contributed by atoms with Crippen molar-refractivity contribution in [3.8, 4) is 0 Å². The van der Waals surface area contributed by atoms with Gasteiger partial charge in [-0.3, -0.25) is 0 Å². The highest BCUT2D eigenvalue weighted by molar-refractivity contribution is 4.86. The molecular formula is C13H22O2. The van der Waals surface area contributed by atoms with Crippen molar-refractivity contribution in [3.63, 3.8) is 0 Å². The van der Waals surface area contributed by atoms with Gasteiger partial charge in [0.25, 0.3) is 0 Å². The van der Waals surface area contributed by atoms with Crippen LogP contribution in [0.5, 0.6) is 0 Å². The molecule has 3 fully saturated rings. The standard InChI is InChI=1S/C13H22O2/c1-9(13-8-15-13)11-4-2-10(3-5-11)6-12-7-14-12/h9-13H,2-8H2,1H3. The van der Waals surface area contributed by atoms with Gasteiger partial charge in [-0.05, 0) is 37.0 Å². The Bertz CT molecular complexity index is 213. The van der Waals surface area contributed by atoms with Gasteiger partial charge < -0.3 is 9.47 Å². The van der Waals surface area contributed by atoms with Gasteiger partial charge in [0.05, 0.1) is 25.4 Å². The molecule has 2 saturated heterocycles. The Kier molecular flexibility index (Phi) is 2.73. The minimum absolute atomic E-state index is 0.610. The Morgan fingerprint density at radius 2 is 1.73 bits per heavy atom. The molecule has 3 aliphatic rings. The Morgan fingerprint density at radius 1 is 1.07 bits per heavy atom. The van der Waals surface area contributed by atoms with Gasteiger partial charge in [0.15, 0.2) is 0 Å². The fourth-order valence-electron chi connectivity index (χ4n) is 3.19. The molecule has 0 radical (unpaired) electrons. The van der Waals surface area contributed by atoms with E-state index in [-0.39, 0.29) is 0 Å². The predicted molar refractivity (Wildman–Crippen MR) is 58.7 cm³/mol. The van der Waals surface area contributed by atoms with E-state index in [0.29, 0.717) is 12.2 Å². The molecule has 3 atom stereocenters. The van der Waals surface area contributed by atoms with Crippen molar-refractivity contribution in [3.05, 3.63) is 0 Å². The van der Waals surface area contributed by atoms with E-state index in [9.17, 15) is 0 Å². The summed E-state index contributed by atoms with van der Waals surface area (Å²) in [5.74, 6) is 2.71. The molecule has 0 N–H and O–H groups in total. The van der Waals surface area contributed by atoms with Crippen molar-refractivity contribution in [1.29, 1.82) is 0 Å². The second-order valence-electron chi connectivity index (χ2n) is 5.70. The van der Waals surface area contributed by atoms with Crippen molar-refractivity contribution < 1.29 is 9.47 Å². The van der Waals surface area contributed by atoms with Crippen LogP contribution in [0, 0.1) is 17.8 Å². The molecule has 0 aromatic heterocycles. The third-order valence-corrected chi connectivity index (χ3v) is 4.58. The lowest BCUT2D eigenvalue weighted by molar-refractivity contribution is 0.173. The average molecular weight is 210 g/mol. The molecule has 0 bridgehead atoms. The summed E-state index contributed by atoms with van der Waals surface area (Å²) >= 11 is 0. The Hall–Kier alpha value is -0.0800. The Balaban J connectivity index is 1.42. The van der Waals surface area contributed by atoms with Crippen molar-refractivity contribution >= 4 is 0 Å². The molecule has 3 rings (SSSR count). The maximum absolute atomic E-state index is 5.40. The van der Waals surface area contributed by atoms with Crippen molar-refractivity contribution in [2.45, 2.75) is 51.2 Å². The molecule has 3 unspecified atom stereocenters. The van der Waals surface area contributed by atoms with Crippen LogP contribution in [0.25, 0.3) is 0 Å². The highest BCUT2D eigenvalue weighted by Crippen LogP contribution is 2.40. The van der Waals surface area contributed by atoms with Crippen molar-refractivity contribution in [2.75, 3.05) is 13.2 Å². The maximum atomic E-state index is 5.40. The van der Waals surface area contributed by atoms with Crippen LogP contribution in [0.3, 0.4) is 0 Å². The molecule has 0 aromatic carbocycles. The smallest absolute Gasteiger partial charge is 0.0838 e. The van der Waals surface area contributed by atoms with Gasteiger partial charge in [-0.1, -0.05) is 19.8 Å². The fourth-order valence-corrected chi connectivity index (χ4v) is 3.19. The predicted octanol–water partition coefficient (Wildman–Crippen LogP) is 2.62. The minimum Gasteiger partial charge on any atom is -0.373 e. The van der Waals surface area contributed by atoms with E-state index >= 15 is 0 Å². The van der Waals surface area contributed by atoms with E-state index in [2.05, 4.69) is 6.92 Å². The second-order valence-corrected chi connectivity index (χ2v) is 5.70. The van der Waals surface area contributed by atoms with E-state index in [4.69, 9.17) is 9.47 Å². The lowest BCUT2D eigenvalue weighted by Crippen LogP contribution is -2.23. The highest BCUT2D eigenvalue weighted by Gasteiger charge is 2.37. The van der Waals surface area contributed by atoms with E-state index < -0.39 is 0 Å². The lowest BCUT2D eigenvalue weighted by Gasteiger charge is -2.31. The lowest BCUT2D eigenvalue weighted by atomic mass is 9.74. The zero-order valence-corrected chi connectivity index (χ0v) is 9.65. The summed E-state index contributed by atoms with van der Waals surface area (Å²) in [5, 5.41) is 0. The number of ether oxygens (including phenoxy) is 2. The van der Waals surface area contributed by atoms with Gasteiger partial charge in [0.1, 0.15) is 0 Å². The monoisotopic (exact) mass is 210 g/mol. The molecule has 0 aromatic rings. The molecule has 2 heteroatoms. The van der Waals surface area contributed by atoms with Crippen LogP contribution in [0.4, 0.5) is 0 Å². The van der Waals surface area contributed by atoms with Gasteiger partial charge in [0.2, 0.25) is 0 Å². The summed E-state index contributed by atoms with van der Waals surface area (Å²) in [7, 11) is 0. The zero-order chi connectivity index (χ0) is 10.3. The van der Waals surface area contributed by atoms with Gasteiger partial charge >= 0.3 is 0 Å². The molecule has 2 heterocycles. The largest absolute Gasteiger partial charge is 0.373 e. The number of hydrogen-bond donors (Lipinski definition) is 0. The fraction of sp³-hybridized carbons (Fsp3) is 1.00. The second kappa shape index (κ2) is 4.06. The summed E-state index contributed by atoms with van der Waals surface area (Å²) in [6.45, 7) is 4.44. The average Bonchev–Trinajstić information content (AvgIpc) is 3.12. The highest BCUT2D eigenvalue weighted by atomic mass is 16.6. The van der Waals surface area contributed by atoms with E-state index in [1.807, 2.05) is 0 Å². The topological polar surface area (TPSA) is 25.1 Å². The number of epoxide rings is 2. The minimum atomic E-state index is 0.610. The van der Waals surface area contributed by atoms with Crippen LogP contribution in [-0.4, -0.2) is 25.4 Å². The zero-order valence-electron chi connectivity index (χ0n) is 9.65. The molecule has 1 aliphatic carbocycles. The SMILES string of the molecule is CC(C1CCC(CC2CO2)CC1)C1CO1. The molecule has 0 amide bonds. The van der Waals surface area contributed by atoms with Gasteiger partial charge in [-0.15, -0.1) is 0 Å². The summed E-state index contributed by atoms with van der Waals surface area (Å²) in [6, 6.07) is 0. The first kappa shape index (κ1) is 10.1. The molecular weight excluding hydrogens is 188 g/mol. The van der Waals surface area contributed by atoms with Gasteiger partial charge in [0, 0.05) is 0 Å². The first-order valence-corrected chi connectivity index (χ1v) is 6.56. The Labute approximate surface area is 92.3 Å². The van der Waals surface area contributed by atoms with Gasteiger partial charge in [-0.2, -0.15) is 0 Å². The van der Waals surface area contributed by atoms with Crippen molar-refractivity contribution in [2.24, 2.45) is 17.8 Å². The summed E-state index contributed by atoms with van der Waals surface area (Å²) in [4.78, 5) is 0. The summed E-state index contributed by atoms with van der Waals surface area (Å²) in [5.41, 5.74) is 0. The quantitative estimate of drug-likeness (QED) is 0.666. The van der Waals surface area contributed by atoms with Crippen molar-refractivity contribution in [1.82, 2.24) is 0 Å². The third-order valence-electron chi connectivity index (χ3n) is 4.58. The molecule has 1 saturated carbocycles. The molecule has 15 heavy (non-hydrogen) atoms. The van der Waals surface area contributed by atoms with Crippen LogP contribution in [0.2, 0.25) is 0 Å². The van der Waals surface area contributed by atoms with Crippen LogP contribution in [0.1, 0.15) is 39.0 Å². The van der Waals surface area contributed by atoms with Gasteiger partial charge in [-0.25, -0.2) is 0 Å². The number of rotatable bonds is 4. The Morgan fingerprint density at radius 3 is 2.27 bits per heavy atom. The van der Waals surface area contributed by atoms with Crippen LogP contribution in [-0.2, 0) is 9.47 Å². The van der Waals surface area contributed by atoms with E-state index in [1.165, 1.54) is 32.1 Å². The normalized spacial score (nSPS) is 46.2. The summed E-state index contributed by atoms with van der Waals surface area (Å²) in [6.07, 6.45) is 8.30. The van der Waals surface area contributed by atoms with Crippen LogP contribution >= 0.6 is 0 Å². The number of hydrogen-bond acceptors (Lipinski definition) is 2. The third kappa shape index (κ3) is 2.54. The van der Waals surface area contributed by atoms with E-state index in [0.717, 1.165) is 31.0 Å². The molecule has 2 aliphatic heterocycles. The van der Waals surface area contributed by atoms with E-state index in [1.54, 1.807) is 0 Å². The van der Waals surface area contributed by atoms with Crippen LogP contribution < -0.4 is 0 Å². The molecule has 2 nitrogen and oxygen atoms in total. The first-order valence-electron chi connectivity index (χ1n) is 6.56.